The van der Waals surface area contributed by atoms with E-state index in [9.17, 15) is 4.79 Å². The zero-order valence-electron chi connectivity index (χ0n) is 23.4. The lowest BCUT2D eigenvalue weighted by molar-refractivity contribution is 0.0207. The molecule has 2 heterocycles. The smallest absolute Gasteiger partial charge is 0.428 e. The Morgan fingerprint density at radius 3 is 2.44 bits per heavy atom. The van der Waals surface area contributed by atoms with Crippen molar-refractivity contribution in [2.75, 3.05) is 20.1 Å². The molecule has 1 aromatic heterocycles. The van der Waals surface area contributed by atoms with Gasteiger partial charge in [0.2, 0.25) is 0 Å². The van der Waals surface area contributed by atoms with Crippen LogP contribution in [0.3, 0.4) is 0 Å². The van der Waals surface area contributed by atoms with Crippen molar-refractivity contribution in [2.24, 2.45) is 4.99 Å². The van der Waals surface area contributed by atoms with Crippen molar-refractivity contribution >= 4 is 23.0 Å². The number of nitrogens with zero attached hydrogens (tertiary/aromatic N) is 4. The quantitative estimate of drug-likeness (QED) is 0.199. The van der Waals surface area contributed by atoms with Gasteiger partial charge in [-0.05, 0) is 62.6 Å². The van der Waals surface area contributed by atoms with Gasteiger partial charge in [-0.25, -0.2) is 9.78 Å². The summed E-state index contributed by atoms with van der Waals surface area (Å²) in [6, 6.07) is 22.4. The molecule has 0 spiro atoms. The minimum Gasteiger partial charge on any atom is -0.428 e. The third-order valence-corrected chi connectivity index (χ3v) is 6.69. The fraction of sp³-hybridized carbons (Fsp3) is 0.344. The van der Waals surface area contributed by atoms with Gasteiger partial charge in [-0.1, -0.05) is 49.4 Å². The SMILES string of the molecule is CCCc1nc2ccc(C3=NCCN3C)cc2n1Cc1ccc(-c2ccccc2OC(=O)OC(C)(C)C)cc1. The largest absolute Gasteiger partial charge is 0.514 e. The van der Waals surface area contributed by atoms with Gasteiger partial charge in [0.05, 0.1) is 17.6 Å². The molecule has 0 saturated heterocycles. The van der Waals surface area contributed by atoms with Gasteiger partial charge in [0.25, 0.3) is 0 Å². The van der Waals surface area contributed by atoms with E-state index >= 15 is 0 Å². The molecule has 0 amide bonds. The number of carbonyl (C=O) groups is 1. The van der Waals surface area contributed by atoms with Crippen molar-refractivity contribution in [1.29, 1.82) is 0 Å². The number of ether oxygens (including phenoxy) is 2. The van der Waals surface area contributed by atoms with Crippen LogP contribution in [0.2, 0.25) is 0 Å². The zero-order chi connectivity index (χ0) is 27.6. The molecule has 3 aromatic carbocycles. The molecule has 0 atom stereocenters. The first kappa shape index (κ1) is 26.5. The van der Waals surface area contributed by atoms with E-state index in [0.717, 1.165) is 65.3 Å². The number of aromatic nitrogens is 2. The van der Waals surface area contributed by atoms with E-state index < -0.39 is 11.8 Å². The number of benzene rings is 3. The monoisotopic (exact) mass is 524 g/mol. The van der Waals surface area contributed by atoms with E-state index in [1.807, 2.05) is 39.0 Å². The molecule has 0 aliphatic carbocycles. The lowest BCUT2D eigenvalue weighted by Crippen LogP contribution is -2.26. The molecule has 0 radical (unpaired) electrons. The molecule has 7 heteroatoms. The van der Waals surface area contributed by atoms with E-state index in [1.54, 1.807) is 6.07 Å². The van der Waals surface area contributed by atoms with E-state index in [4.69, 9.17) is 19.5 Å². The maximum Gasteiger partial charge on any atom is 0.514 e. The number of fused-ring (bicyclic) bond motifs is 1. The molecule has 0 N–H and O–H groups in total. The normalized spacial score (nSPS) is 13.6. The average molecular weight is 525 g/mol. The first-order chi connectivity index (χ1) is 18.7. The fourth-order valence-corrected chi connectivity index (χ4v) is 4.87. The third-order valence-electron chi connectivity index (χ3n) is 6.69. The second kappa shape index (κ2) is 10.9. The summed E-state index contributed by atoms with van der Waals surface area (Å²) >= 11 is 0. The van der Waals surface area contributed by atoms with Crippen molar-refractivity contribution in [3.8, 4) is 16.9 Å². The Morgan fingerprint density at radius 1 is 1.00 bits per heavy atom. The van der Waals surface area contributed by atoms with Crippen LogP contribution in [-0.4, -0.2) is 52.2 Å². The van der Waals surface area contributed by atoms with Crippen LogP contribution in [0, 0.1) is 0 Å². The maximum atomic E-state index is 12.3. The Labute approximate surface area is 230 Å². The number of carbonyl (C=O) groups excluding carboxylic acids is 1. The number of hydrogen-bond donors (Lipinski definition) is 0. The third kappa shape index (κ3) is 5.98. The Kier molecular flexibility index (Phi) is 7.42. The topological polar surface area (TPSA) is 69.0 Å². The molecule has 5 rings (SSSR count). The van der Waals surface area contributed by atoms with Gasteiger partial charge in [-0.2, -0.15) is 0 Å². The van der Waals surface area contributed by atoms with E-state index in [-0.39, 0.29) is 0 Å². The fourth-order valence-electron chi connectivity index (χ4n) is 4.87. The van der Waals surface area contributed by atoms with Crippen LogP contribution in [0.15, 0.2) is 71.7 Å². The number of aliphatic imine (C=N–C) groups is 1. The highest BCUT2D eigenvalue weighted by Crippen LogP contribution is 2.31. The standard InChI is InChI=1S/C32H36N4O3/c1-6-9-29-34-26-17-16-24(30-33-18-19-35(30)5)20-27(26)36(29)21-22-12-14-23(15-13-22)25-10-7-8-11-28(25)38-31(37)39-32(2,3)4/h7-8,10-17,20H,6,9,18-19,21H2,1-5H3. The summed E-state index contributed by atoms with van der Waals surface area (Å²) in [4.78, 5) is 24.2. The van der Waals surface area contributed by atoms with Crippen molar-refractivity contribution in [1.82, 2.24) is 14.5 Å². The molecule has 7 nitrogen and oxygen atoms in total. The molecular formula is C32H36N4O3. The van der Waals surface area contributed by atoms with Crippen molar-refractivity contribution in [2.45, 2.75) is 52.7 Å². The molecule has 4 aromatic rings. The summed E-state index contributed by atoms with van der Waals surface area (Å²) < 4.78 is 13.2. The molecular weight excluding hydrogens is 488 g/mol. The Hall–Kier alpha value is -4.13. The second-order valence-electron chi connectivity index (χ2n) is 11.0. The molecule has 1 aliphatic rings. The lowest BCUT2D eigenvalue weighted by atomic mass is 10.0. The van der Waals surface area contributed by atoms with Crippen LogP contribution in [0.1, 0.15) is 51.1 Å². The minimum absolute atomic E-state index is 0.470. The predicted octanol–water partition coefficient (Wildman–Crippen LogP) is 6.71. The van der Waals surface area contributed by atoms with Gasteiger partial charge in [-0.15, -0.1) is 0 Å². The second-order valence-corrected chi connectivity index (χ2v) is 11.0. The van der Waals surface area contributed by atoms with Gasteiger partial charge >= 0.3 is 6.16 Å². The van der Waals surface area contributed by atoms with Gasteiger partial charge in [-0.3, -0.25) is 4.99 Å². The first-order valence-corrected chi connectivity index (χ1v) is 13.6. The summed E-state index contributed by atoms with van der Waals surface area (Å²) in [5.74, 6) is 2.60. The summed E-state index contributed by atoms with van der Waals surface area (Å²) in [7, 11) is 2.09. The van der Waals surface area contributed by atoms with Crippen LogP contribution < -0.4 is 4.74 Å². The van der Waals surface area contributed by atoms with E-state index in [0.29, 0.717) is 12.3 Å². The average Bonchev–Trinajstić information content (AvgIpc) is 3.47. The Bertz CT molecular complexity index is 1510. The van der Waals surface area contributed by atoms with Gasteiger partial charge in [0, 0.05) is 37.7 Å². The number of aryl methyl sites for hydroxylation is 1. The number of para-hydroxylation sites is 1. The number of amidine groups is 1. The Morgan fingerprint density at radius 2 is 1.74 bits per heavy atom. The highest BCUT2D eigenvalue weighted by Gasteiger charge is 2.20. The summed E-state index contributed by atoms with van der Waals surface area (Å²) in [6.45, 7) is 10.1. The molecule has 0 unspecified atom stereocenters. The lowest BCUT2D eigenvalue weighted by Gasteiger charge is -2.19. The number of likely N-dealkylation sites (N-methyl/N-ethyl adjacent to an activating group) is 1. The summed E-state index contributed by atoms with van der Waals surface area (Å²) in [5, 5.41) is 0. The molecule has 0 bridgehead atoms. The molecule has 1 aliphatic heterocycles. The van der Waals surface area contributed by atoms with Crippen LogP contribution >= 0.6 is 0 Å². The van der Waals surface area contributed by atoms with Crippen LogP contribution in [0.25, 0.3) is 22.2 Å². The van der Waals surface area contributed by atoms with Crippen molar-refractivity contribution in [3.63, 3.8) is 0 Å². The molecule has 0 saturated carbocycles. The predicted molar refractivity (Wildman–Crippen MR) is 156 cm³/mol. The van der Waals surface area contributed by atoms with Gasteiger partial charge in [0.1, 0.15) is 23.0 Å². The van der Waals surface area contributed by atoms with E-state index in [2.05, 4.69) is 65.9 Å². The molecule has 0 fully saturated rings. The zero-order valence-corrected chi connectivity index (χ0v) is 23.4. The minimum atomic E-state index is -0.712. The van der Waals surface area contributed by atoms with Crippen molar-refractivity contribution in [3.05, 3.63) is 83.7 Å². The Balaban J connectivity index is 1.42. The van der Waals surface area contributed by atoms with Crippen LogP contribution in [0.5, 0.6) is 5.75 Å². The van der Waals surface area contributed by atoms with Crippen LogP contribution in [0.4, 0.5) is 4.79 Å². The highest BCUT2D eigenvalue weighted by molar-refractivity contribution is 6.02. The van der Waals surface area contributed by atoms with Gasteiger partial charge in [0.15, 0.2) is 0 Å². The van der Waals surface area contributed by atoms with Gasteiger partial charge < -0.3 is 18.9 Å². The summed E-state index contributed by atoms with van der Waals surface area (Å²) in [5.41, 5.74) is 5.61. The number of hydrogen-bond acceptors (Lipinski definition) is 6. The molecule has 202 valence electrons. The number of rotatable bonds is 7. The number of imidazole rings is 1. The first-order valence-electron chi connectivity index (χ1n) is 13.6. The maximum absolute atomic E-state index is 12.3. The highest BCUT2D eigenvalue weighted by atomic mass is 16.7. The summed E-state index contributed by atoms with van der Waals surface area (Å²) in [6.07, 6.45) is 1.23. The van der Waals surface area contributed by atoms with Crippen molar-refractivity contribution < 1.29 is 14.3 Å². The molecule has 39 heavy (non-hydrogen) atoms. The van der Waals surface area contributed by atoms with Crippen LogP contribution in [-0.2, 0) is 17.7 Å². The van der Waals surface area contributed by atoms with E-state index in [1.165, 1.54) is 5.56 Å².